The highest BCUT2D eigenvalue weighted by Crippen LogP contribution is 2.24. The van der Waals surface area contributed by atoms with E-state index in [0.29, 0.717) is 24.5 Å². The molecule has 7 heteroatoms. The lowest BCUT2D eigenvalue weighted by molar-refractivity contribution is -0.137. The molecule has 7 nitrogen and oxygen atoms in total. The van der Waals surface area contributed by atoms with Crippen molar-refractivity contribution in [1.29, 1.82) is 0 Å². The number of hydrogen-bond acceptors (Lipinski definition) is 4. The average molecular weight is 310 g/mol. The van der Waals surface area contributed by atoms with Crippen molar-refractivity contribution in [2.45, 2.75) is 12.8 Å². The number of aliphatic carboxylic acids is 1. The summed E-state index contributed by atoms with van der Waals surface area (Å²) in [5.41, 5.74) is 0.955. The standard InChI is InChI=1S/C15H22N2O5/c1-17(9-7-14(18)19)15(20)16-8-6-11-4-5-12(21-2)10-13(11)22-3/h4-5,10H,6-9H2,1-3H3,(H,16,20)(H,18,19). The molecule has 22 heavy (non-hydrogen) atoms. The van der Waals surface area contributed by atoms with Crippen molar-refractivity contribution in [3.8, 4) is 11.5 Å². The molecule has 0 radical (unpaired) electrons. The molecule has 0 fully saturated rings. The minimum Gasteiger partial charge on any atom is -0.497 e. The van der Waals surface area contributed by atoms with Gasteiger partial charge in [-0.3, -0.25) is 4.79 Å². The van der Waals surface area contributed by atoms with Crippen molar-refractivity contribution in [3.63, 3.8) is 0 Å². The summed E-state index contributed by atoms with van der Waals surface area (Å²) in [5, 5.41) is 11.3. The third-order valence-corrected chi connectivity index (χ3v) is 3.17. The molecule has 0 aliphatic carbocycles. The van der Waals surface area contributed by atoms with Gasteiger partial charge in [0, 0.05) is 26.2 Å². The number of nitrogens with one attached hydrogen (secondary N) is 1. The normalized spacial score (nSPS) is 9.95. The molecule has 0 atom stereocenters. The Balaban J connectivity index is 2.46. The van der Waals surface area contributed by atoms with E-state index in [4.69, 9.17) is 14.6 Å². The predicted octanol–water partition coefficient (Wildman–Crippen LogP) is 1.36. The fourth-order valence-electron chi connectivity index (χ4n) is 1.86. The minimum absolute atomic E-state index is 0.0732. The second-order valence-corrected chi connectivity index (χ2v) is 4.73. The summed E-state index contributed by atoms with van der Waals surface area (Å²) in [6.07, 6.45) is 0.530. The number of amides is 2. The van der Waals surface area contributed by atoms with Crippen LogP contribution in [0, 0.1) is 0 Å². The van der Waals surface area contributed by atoms with Crippen molar-refractivity contribution >= 4 is 12.0 Å². The van der Waals surface area contributed by atoms with Gasteiger partial charge in [0.25, 0.3) is 0 Å². The molecule has 0 saturated carbocycles. The van der Waals surface area contributed by atoms with Gasteiger partial charge >= 0.3 is 12.0 Å². The maximum absolute atomic E-state index is 11.8. The molecule has 0 bridgehead atoms. The van der Waals surface area contributed by atoms with Gasteiger partial charge in [-0.25, -0.2) is 4.79 Å². The van der Waals surface area contributed by atoms with Crippen LogP contribution in [0.25, 0.3) is 0 Å². The minimum atomic E-state index is -0.928. The number of rotatable bonds is 8. The second-order valence-electron chi connectivity index (χ2n) is 4.73. The summed E-state index contributed by atoms with van der Waals surface area (Å²) in [6.45, 7) is 0.603. The van der Waals surface area contributed by atoms with E-state index >= 15 is 0 Å². The Hall–Kier alpha value is -2.44. The van der Waals surface area contributed by atoms with Crippen LogP contribution in [-0.4, -0.2) is 56.4 Å². The Morgan fingerprint density at radius 1 is 1.27 bits per heavy atom. The fourth-order valence-corrected chi connectivity index (χ4v) is 1.86. The summed E-state index contributed by atoms with van der Waals surface area (Å²) in [6, 6.07) is 5.21. The molecule has 0 spiro atoms. The number of carbonyl (C=O) groups excluding carboxylic acids is 1. The number of nitrogens with zero attached hydrogens (tertiary/aromatic N) is 1. The molecule has 0 aromatic heterocycles. The number of urea groups is 1. The van der Waals surface area contributed by atoms with Gasteiger partial charge in [-0.15, -0.1) is 0 Å². The first-order chi connectivity index (χ1) is 10.5. The van der Waals surface area contributed by atoms with Gasteiger partial charge in [-0.1, -0.05) is 6.07 Å². The molecule has 122 valence electrons. The molecule has 1 rings (SSSR count). The van der Waals surface area contributed by atoms with Crippen molar-refractivity contribution in [2.24, 2.45) is 0 Å². The van der Waals surface area contributed by atoms with Crippen LogP contribution in [0.3, 0.4) is 0 Å². The molecule has 2 amide bonds. The summed E-state index contributed by atoms with van der Waals surface area (Å²) in [5.74, 6) is 0.480. The molecule has 2 N–H and O–H groups in total. The Morgan fingerprint density at radius 2 is 2.00 bits per heavy atom. The molecule has 0 aliphatic heterocycles. The van der Waals surface area contributed by atoms with E-state index in [0.717, 1.165) is 5.56 Å². The van der Waals surface area contributed by atoms with Gasteiger partial charge in [0.15, 0.2) is 0 Å². The van der Waals surface area contributed by atoms with E-state index in [1.54, 1.807) is 27.3 Å². The van der Waals surface area contributed by atoms with E-state index in [1.165, 1.54) is 4.90 Å². The lowest BCUT2D eigenvalue weighted by atomic mass is 10.1. The third-order valence-electron chi connectivity index (χ3n) is 3.17. The van der Waals surface area contributed by atoms with Crippen LogP contribution in [-0.2, 0) is 11.2 Å². The van der Waals surface area contributed by atoms with E-state index in [2.05, 4.69) is 5.32 Å². The molecule has 1 aromatic rings. The topological polar surface area (TPSA) is 88.1 Å². The molecule has 1 aromatic carbocycles. The highest BCUT2D eigenvalue weighted by molar-refractivity contribution is 5.75. The smallest absolute Gasteiger partial charge is 0.317 e. The first kappa shape index (κ1) is 17.6. The fraction of sp³-hybridized carbons (Fsp3) is 0.467. The lowest BCUT2D eigenvalue weighted by Gasteiger charge is -2.17. The van der Waals surface area contributed by atoms with Gasteiger partial charge in [0.1, 0.15) is 11.5 Å². The second kappa shape index (κ2) is 8.76. The largest absolute Gasteiger partial charge is 0.497 e. The van der Waals surface area contributed by atoms with Gasteiger partial charge in [-0.2, -0.15) is 0 Å². The maximum Gasteiger partial charge on any atom is 0.317 e. The maximum atomic E-state index is 11.8. The van der Waals surface area contributed by atoms with Crippen LogP contribution in [0.15, 0.2) is 18.2 Å². The zero-order valence-electron chi connectivity index (χ0n) is 13.1. The lowest BCUT2D eigenvalue weighted by Crippen LogP contribution is -2.39. The van der Waals surface area contributed by atoms with Gasteiger partial charge in [0.05, 0.1) is 20.6 Å². The van der Waals surface area contributed by atoms with Crippen molar-refractivity contribution in [3.05, 3.63) is 23.8 Å². The molecular formula is C15H22N2O5. The predicted molar refractivity (Wildman–Crippen MR) is 81.5 cm³/mol. The average Bonchev–Trinajstić information content (AvgIpc) is 2.52. The van der Waals surface area contributed by atoms with E-state index in [1.807, 2.05) is 12.1 Å². The Morgan fingerprint density at radius 3 is 2.59 bits per heavy atom. The van der Waals surface area contributed by atoms with Crippen LogP contribution < -0.4 is 14.8 Å². The first-order valence-corrected chi connectivity index (χ1v) is 6.89. The highest BCUT2D eigenvalue weighted by atomic mass is 16.5. The summed E-state index contributed by atoms with van der Waals surface area (Å²) < 4.78 is 10.4. The van der Waals surface area contributed by atoms with Crippen molar-refractivity contribution in [1.82, 2.24) is 10.2 Å². The van der Waals surface area contributed by atoms with Crippen LogP contribution >= 0.6 is 0 Å². The van der Waals surface area contributed by atoms with Gasteiger partial charge in [-0.05, 0) is 18.1 Å². The van der Waals surface area contributed by atoms with E-state index < -0.39 is 5.97 Å². The summed E-state index contributed by atoms with van der Waals surface area (Å²) in [7, 11) is 4.73. The number of benzene rings is 1. The highest BCUT2D eigenvalue weighted by Gasteiger charge is 2.10. The van der Waals surface area contributed by atoms with Crippen LogP contribution in [0.4, 0.5) is 4.79 Å². The van der Waals surface area contributed by atoms with Crippen molar-refractivity contribution in [2.75, 3.05) is 34.4 Å². The summed E-state index contributed by atoms with van der Waals surface area (Å²) >= 11 is 0. The SMILES string of the molecule is COc1ccc(CCNC(=O)N(C)CCC(=O)O)c(OC)c1. The van der Waals surface area contributed by atoms with Crippen LogP contribution in [0.1, 0.15) is 12.0 Å². The number of methoxy groups -OCH3 is 2. The monoisotopic (exact) mass is 310 g/mol. The zero-order chi connectivity index (χ0) is 16.5. The third kappa shape index (κ3) is 5.51. The van der Waals surface area contributed by atoms with Crippen LogP contribution in [0.2, 0.25) is 0 Å². The molecule has 0 unspecified atom stereocenters. The number of carboxylic acid groups (broad SMARTS) is 1. The van der Waals surface area contributed by atoms with Crippen molar-refractivity contribution < 1.29 is 24.2 Å². The summed E-state index contributed by atoms with van der Waals surface area (Å²) in [4.78, 5) is 23.6. The first-order valence-electron chi connectivity index (χ1n) is 6.89. The zero-order valence-corrected chi connectivity index (χ0v) is 13.1. The van der Waals surface area contributed by atoms with Gasteiger partial charge < -0.3 is 24.8 Å². The van der Waals surface area contributed by atoms with E-state index in [-0.39, 0.29) is 19.0 Å². The molecule has 0 aliphatic rings. The molecular weight excluding hydrogens is 288 g/mol. The Bertz CT molecular complexity index is 519. The molecule has 0 heterocycles. The number of carboxylic acids is 1. The van der Waals surface area contributed by atoms with E-state index in [9.17, 15) is 9.59 Å². The Labute approximate surface area is 129 Å². The number of carbonyl (C=O) groups is 2. The number of ether oxygens (including phenoxy) is 2. The Kier molecular flexibility index (Phi) is 7.01. The molecule has 0 saturated heterocycles. The quantitative estimate of drug-likeness (QED) is 0.757. The number of hydrogen-bond donors (Lipinski definition) is 2. The van der Waals surface area contributed by atoms with Gasteiger partial charge in [0.2, 0.25) is 0 Å². The van der Waals surface area contributed by atoms with Crippen LogP contribution in [0.5, 0.6) is 11.5 Å².